The molecule has 1 fully saturated rings. The fourth-order valence-electron chi connectivity index (χ4n) is 1.70. The zero-order valence-electron chi connectivity index (χ0n) is 9.00. The molecular formula is C12H20O2. The molecule has 2 heteroatoms. The lowest BCUT2D eigenvalue weighted by molar-refractivity contribution is -0.188. The van der Waals surface area contributed by atoms with Crippen molar-refractivity contribution in [2.24, 2.45) is 0 Å². The van der Waals surface area contributed by atoms with Gasteiger partial charge < -0.3 is 9.47 Å². The third-order valence-electron chi connectivity index (χ3n) is 2.44. The van der Waals surface area contributed by atoms with Crippen LogP contribution in [0.1, 0.15) is 45.4 Å². The monoisotopic (exact) mass is 196 g/mol. The van der Waals surface area contributed by atoms with E-state index in [2.05, 4.69) is 12.8 Å². The first-order valence-electron chi connectivity index (χ1n) is 5.57. The Morgan fingerprint density at radius 1 is 1.57 bits per heavy atom. The highest BCUT2D eigenvalue weighted by Crippen LogP contribution is 2.18. The molecule has 2 atom stereocenters. The van der Waals surface area contributed by atoms with E-state index in [9.17, 15) is 0 Å². The molecule has 0 aromatic heterocycles. The van der Waals surface area contributed by atoms with E-state index in [0.29, 0.717) is 6.42 Å². The highest BCUT2D eigenvalue weighted by molar-refractivity contribution is 4.87. The summed E-state index contributed by atoms with van der Waals surface area (Å²) < 4.78 is 11.3. The number of rotatable bonds is 5. The van der Waals surface area contributed by atoms with Gasteiger partial charge in [-0.25, -0.2) is 0 Å². The summed E-state index contributed by atoms with van der Waals surface area (Å²) in [5.74, 6) is 2.66. The quantitative estimate of drug-likeness (QED) is 0.629. The van der Waals surface area contributed by atoms with E-state index in [1.807, 2.05) is 0 Å². The maximum Gasteiger partial charge on any atom is 0.157 e. The maximum atomic E-state index is 5.81. The first-order chi connectivity index (χ1) is 6.86. The summed E-state index contributed by atoms with van der Waals surface area (Å²) >= 11 is 0. The van der Waals surface area contributed by atoms with Crippen LogP contribution >= 0.6 is 0 Å². The summed E-state index contributed by atoms with van der Waals surface area (Å²) in [5, 5.41) is 0. The van der Waals surface area contributed by atoms with Crippen LogP contribution in [0.4, 0.5) is 0 Å². The van der Waals surface area contributed by atoms with Crippen LogP contribution in [-0.4, -0.2) is 19.0 Å². The summed E-state index contributed by atoms with van der Waals surface area (Å²) in [6.45, 7) is 2.98. The van der Waals surface area contributed by atoms with Crippen molar-refractivity contribution in [2.75, 3.05) is 6.61 Å². The van der Waals surface area contributed by atoms with Gasteiger partial charge in [-0.2, -0.15) is 0 Å². The van der Waals surface area contributed by atoms with E-state index in [1.165, 1.54) is 6.42 Å². The van der Waals surface area contributed by atoms with E-state index < -0.39 is 0 Å². The lowest BCUT2D eigenvalue weighted by Crippen LogP contribution is -2.27. The van der Waals surface area contributed by atoms with Crippen LogP contribution in [0.15, 0.2) is 0 Å². The molecule has 1 saturated heterocycles. The molecule has 1 rings (SSSR count). The molecule has 0 aliphatic carbocycles. The van der Waals surface area contributed by atoms with Crippen LogP contribution in [0.2, 0.25) is 0 Å². The van der Waals surface area contributed by atoms with E-state index in [4.69, 9.17) is 15.9 Å². The Kier molecular flexibility index (Phi) is 5.66. The molecule has 0 amide bonds. The Morgan fingerprint density at radius 3 is 3.00 bits per heavy atom. The van der Waals surface area contributed by atoms with Gasteiger partial charge in [0.05, 0.1) is 6.10 Å². The number of hydrogen-bond acceptors (Lipinski definition) is 2. The van der Waals surface area contributed by atoms with Crippen molar-refractivity contribution in [1.29, 1.82) is 0 Å². The largest absolute Gasteiger partial charge is 0.353 e. The highest BCUT2D eigenvalue weighted by Gasteiger charge is 2.18. The van der Waals surface area contributed by atoms with Crippen molar-refractivity contribution >= 4 is 0 Å². The van der Waals surface area contributed by atoms with Gasteiger partial charge in [-0.1, -0.05) is 13.3 Å². The smallest absolute Gasteiger partial charge is 0.157 e. The Morgan fingerprint density at radius 2 is 2.43 bits per heavy atom. The molecule has 1 aliphatic heterocycles. The Hall–Kier alpha value is -0.520. The first kappa shape index (κ1) is 11.6. The second-order valence-corrected chi connectivity index (χ2v) is 3.75. The van der Waals surface area contributed by atoms with Gasteiger partial charge in [0.1, 0.15) is 0 Å². The molecule has 14 heavy (non-hydrogen) atoms. The van der Waals surface area contributed by atoms with Gasteiger partial charge in [-0.3, -0.25) is 0 Å². The molecule has 2 unspecified atom stereocenters. The molecular weight excluding hydrogens is 176 g/mol. The van der Waals surface area contributed by atoms with Gasteiger partial charge in [-0.05, 0) is 25.7 Å². The topological polar surface area (TPSA) is 18.5 Å². The van der Waals surface area contributed by atoms with Gasteiger partial charge >= 0.3 is 0 Å². The Labute approximate surface area is 87.0 Å². The minimum Gasteiger partial charge on any atom is -0.353 e. The third-order valence-corrected chi connectivity index (χ3v) is 2.44. The number of ether oxygens (including phenoxy) is 2. The fourth-order valence-corrected chi connectivity index (χ4v) is 1.70. The minimum atomic E-state index is -0.00588. The second kappa shape index (κ2) is 6.86. The van der Waals surface area contributed by atoms with Gasteiger partial charge in [-0.15, -0.1) is 12.3 Å². The lowest BCUT2D eigenvalue weighted by Gasteiger charge is -2.26. The zero-order valence-corrected chi connectivity index (χ0v) is 9.00. The number of hydrogen-bond donors (Lipinski definition) is 0. The molecule has 0 N–H and O–H groups in total. The van der Waals surface area contributed by atoms with Crippen molar-refractivity contribution in [3.63, 3.8) is 0 Å². The third kappa shape index (κ3) is 4.13. The Bertz CT molecular complexity index is 177. The molecule has 0 radical (unpaired) electrons. The normalized spacial score (nSPS) is 24.1. The van der Waals surface area contributed by atoms with Gasteiger partial charge in [0.25, 0.3) is 0 Å². The summed E-state index contributed by atoms with van der Waals surface area (Å²) in [6, 6.07) is 0. The van der Waals surface area contributed by atoms with Crippen LogP contribution in [0, 0.1) is 12.3 Å². The summed E-state index contributed by atoms with van der Waals surface area (Å²) in [4.78, 5) is 0. The number of terminal acetylenes is 1. The molecule has 0 saturated carbocycles. The standard InChI is InChI=1S/C12H20O2/c1-3-7-11(8-4-2)14-12-9-5-6-10-13-12/h1,11-12H,4-10H2,2H3. The average Bonchev–Trinajstić information content (AvgIpc) is 2.20. The Balaban J connectivity index is 2.26. The van der Waals surface area contributed by atoms with Crippen molar-refractivity contribution < 1.29 is 9.47 Å². The van der Waals surface area contributed by atoms with Crippen LogP contribution in [0.3, 0.4) is 0 Å². The second-order valence-electron chi connectivity index (χ2n) is 3.75. The van der Waals surface area contributed by atoms with E-state index >= 15 is 0 Å². The molecule has 0 aromatic carbocycles. The maximum absolute atomic E-state index is 5.81. The molecule has 0 bridgehead atoms. The molecule has 0 aromatic rings. The SMILES string of the molecule is C#CCC(CCC)OC1CCCCO1. The minimum absolute atomic E-state index is 0.00588. The molecule has 80 valence electrons. The fraction of sp³-hybridized carbons (Fsp3) is 0.833. The van der Waals surface area contributed by atoms with Crippen LogP contribution in [-0.2, 0) is 9.47 Å². The van der Waals surface area contributed by atoms with Gasteiger partial charge in [0, 0.05) is 13.0 Å². The predicted octanol–water partition coefficient (Wildman–Crippen LogP) is 2.72. The van der Waals surface area contributed by atoms with Crippen LogP contribution in [0.5, 0.6) is 0 Å². The van der Waals surface area contributed by atoms with Gasteiger partial charge in [0.2, 0.25) is 0 Å². The molecule has 0 spiro atoms. The van der Waals surface area contributed by atoms with Crippen molar-refractivity contribution in [2.45, 2.75) is 57.8 Å². The summed E-state index contributed by atoms with van der Waals surface area (Å²) in [5.41, 5.74) is 0. The van der Waals surface area contributed by atoms with Crippen LogP contribution in [0.25, 0.3) is 0 Å². The molecule has 1 aliphatic rings. The van der Waals surface area contributed by atoms with Crippen LogP contribution < -0.4 is 0 Å². The van der Waals surface area contributed by atoms with E-state index in [-0.39, 0.29) is 12.4 Å². The summed E-state index contributed by atoms with van der Waals surface area (Å²) in [6.07, 6.45) is 11.7. The van der Waals surface area contributed by atoms with E-state index in [1.54, 1.807) is 0 Å². The van der Waals surface area contributed by atoms with Crippen molar-refractivity contribution in [3.05, 3.63) is 0 Å². The van der Waals surface area contributed by atoms with Crippen molar-refractivity contribution in [1.82, 2.24) is 0 Å². The predicted molar refractivity (Wildman–Crippen MR) is 56.8 cm³/mol. The average molecular weight is 196 g/mol. The lowest BCUT2D eigenvalue weighted by atomic mass is 10.1. The molecule has 2 nitrogen and oxygen atoms in total. The highest BCUT2D eigenvalue weighted by atomic mass is 16.7. The van der Waals surface area contributed by atoms with Gasteiger partial charge in [0.15, 0.2) is 6.29 Å². The van der Waals surface area contributed by atoms with Crippen molar-refractivity contribution in [3.8, 4) is 12.3 Å². The van der Waals surface area contributed by atoms with E-state index in [0.717, 1.165) is 32.3 Å². The molecule has 1 heterocycles. The first-order valence-corrected chi connectivity index (χ1v) is 5.57. The zero-order chi connectivity index (χ0) is 10.2. The summed E-state index contributed by atoms with van der Waals surface area (Å²) in [7, 11) is 0.